The lowest BCUT2D eigenvalue weighted by Gasteiger charge is -2.22. The van der Waals surface area contributed by atoms with Crippen molar-refractivity contribution in [2.75, 3.05) is 20.3 Å². The van der Waals surface area contributed by atoms with Gasteiger partial charge in [0.25, 0.3) is 0 Å². The molecule has 6 heteroatoms. The number of ether oxygens (including phenoxy) is 1. The molecular weight excluding hydrogens is 310 g/mol. The maximum atomic E-state index is 12.6. The molecule has 0 unspecified atom stereocenters. The molecule has 0 atom stereocenters. The topological polar surface area (TPSA) is 55.3 Å². The zero-order chi connectivity index (χ0) is 16.7. The van der Waals surface area contributed by atoms with Crippen LogP contribution in [0.4, 0.5) is 0 Å². The lowest BCUT2D eigenvalue weighted by atomic mass is 10.1. The van der Waals surface area contributed by atoms with Crippen molar-refractivity contribution >= 4 is 17.2 Å². The van der Waals surface area contributed by atoms with E-state index >= 15 is 0 Å². The van der Waals surface area contributed by atoms with Gasteiger partial charge in [0.1, 0.15) is 0 Å². The van der Waals surface area contributed by atoms with Gasteiger partial charge in [-0.3, -0.25) is 9.78 Å². The molecule has 2 rings (SSSR count). The van der Waals surface area contributed by atoms with Gasteiger partial charge in [-0.15, -0.1) is 11.3 Å². The molecule has 0 aliphatic heterocycles. The smallest absolute Gasteiger partial charge is 0.223 e. The normalized spacial score (nSPS) is 10.7. The minimum atomic E-state index is 0.136. The molecule has 0 bridgehead atoms. The largest absolute Gasteiger partial charge is 0.383 e. The first-order valence-corrected chi connectivity index (χ1v) is 8.54. The summed E-state index contributed by atoms with van der Waals surface area (Å²) in [5, 5.41) is 0. The second-order valence-electron chi connectivity index (χ2n) is 5.54. The average molecular weight is 333 g/mol. The van der Waals surface area contributed by atoms with Crippen LogP contribution < -0.4 is 0 Å². The van der Waals surface area contributed by atoms with Crippen molar-refractivity contribution in [3.63, 3.8) is 0 Å². The van der Waals surface area contributed by atoms with Crippen LogP contribution in [-0.4, -0.2) is 41.0 Å². The molecule has 0 aliphatic carbocycles. The van der Waals surface area contributed by atoms with Gasteiger partial charge in [-0.05, 0) is 31.4 Å². The van der Waals surface area contributed by atoms with E-state index in [0.29, 0.717) is 32.5 Å². The predicted molar refractivity (Wildman–Crippen MR) is 91.4 cm³/mol. The molecule has 0 aliphatic rings. The van der Waals surface area contributed by atoms with Gasteiger partial charge in [-0.1, -0.05) is 6.07 Å². The minimum Gasteiger partial charge on any atom is -0.383 e. The molecule has 2 aromatic rings. The number of carbonyl (C=O) groups excluding carboxylic acids is 1. The van der Waals surface area contributed by atoms with Crippen LogP contribution >= 0.6 is 11.3 Å². The van der Waals surface area contributed by atoms with Crippen LogP contribution in [0.2, 0.25) is 0 Å². The first-order chi connectivity index (χ1) is 11.1. The number of carbonyl (C=O) groups is 1. The number of rotatable bonds is 8. The van der Waals surface area contributed by atoms with Gasteiger partial charge in [0.05, 0.1) is 24.4 Å². The van der Waals surface area contributed by atoms with Gasteiger partial charge in [-0.25, -0.2) is 4.98 Å². The van der Waals surface area contributed by atoms with Crippen LogP contribution in [0.1, 0.15) is 28.1 Å². The Bertz CT molecular complexity index is 642. The second kappa shape index (κ2) is 8.74. The van der Waals surface area contributed by atoms with Crippen molar-refractivity contribution in [2.45, 2.75) is 33.2 Å². The third-order valence-electron chi connectivity index (χ3n) is 3.66. The summed E-state index contributed by atoms with van der Waals surface area (Å²) < 4.78 is 5.13. The molecular formula is C17H23N3O2S. The second-order valence-corrected chi connectivity index (χ2v) is 6.48. The van der Waals surface area contributed by atoms with Crippen molar-refractivity contribution < 1.29 is 9.53 Å². The fourth-order valence-corrected chi connectivity index (χ4v) is 3.10. The Morgan fingerprint density at radius 2 is 2.17 bits per heavy atom. The Labute approximate surface area is 141 Å². The minimum absolute atomic E-state index is 0.136. The van der Waals surface area contributed by atoms with Crippen molar-refractivity contribution in [1.29, 1.82) is 0 Å². The van der Waals surface area contributed by atoms with Crippen LogP contribution in [0.15, 0.2) is 24.0 Å². The van der Waals surface area contributed by atoms with E-state index in [1.165, 1.54) is 0 Å². The first-order valence-electron chi connectivity index (χ1n) is 7.66. The average Bonchev–Trinajstić information content (AvgIpc) is 2.94. The van der Waals surface area contributed by atoms with Gasteiger partial charge in [0.2, 0.25) is 5.91 Å². The van der Waals surface area contributed by atoms with E-state index in [1.807, 2.05) is 36.7 Å². The van der Waals surface area contributed by atoms with Gasteiger partial charge in [-0.2, -0.15) is 0 Å². The number of aromatic nitrogens is 2. The van der Waals surface area contributed by atoms with Crippen molar-refractivity contribution in [2.24, 2.45) is 0 Å². The highest BCUT2D eigenvalue weighted by Crippen LogP contribution is 2.16. The summed E-state index contributed by atoms with van der Waals surface area (Å²) >= 11 is 1.59. The third-order valence-corrected chi connectivity index (χ3v) is 4.58. The van der Waals surface area contributed by atoms with E-state index < -0.39 is 0 Å². The molecule has 0 fully saturated rings. The fourth-order valence-electron chi connectivity index (χ4n) is 2.31. The van der Waals surface area contributed by atoms with Crippen LogP contribution in [0.3, 0.4) is 0 Å². The Hall–Kier alpha value is -1.79. The quantitative estimate of drug-likeness (QED) is 0.745. The molecule has 0 N–H and O–H groups in total. The molecule has 0 saturated carbocycles. The number of thiazole rings is 1. The van der Waals surface area contributed by atoms with E-state index in [2.05, 4.69) is 16.0 Å². The Morgan fingerprint density at radius 1 is 1.35 bits per heavy atom. The molecule has 0 radical (unpaired) electrons. The zero-order valence-electron chi connectivity index (χ0n) is 13.9. The highest BCUT2D eigenvalue weighted by molar-refractivity contribution is 7.09. The van der Waals surface area contributed by atoms with Crippen molar-refractivity contribution in [3.8, 4) is 0 Å². The number of aryl methyl sites for hydroxylation is 3. The SMILES string of the molecule is COCCN(Cc1scnc1C)C(=O)CCc1cncc(C)c1. The maximum Gasteiger partial charge on any atom is 0.223 e. The molecule has 1 amide bonds. The van der Waals surface area contributed by atoms with E-state index in [-0.39, 0.29) is 5.91 Å². The van der Waals surface area contributed by atoms with Crippen molar-refractivity contribution in [3.05, 3.63) is 45.7 Å². The van der Waals surface area contributed by atoms with Gasteiger partial charge < -0.3 is 9.64 Å². The number of amides is 1. The van der Waals surface area contributed by atoms with Gasteiger partial charge in [0.15, 0.2) is 0 Å². The lowest BCUT2D eigenvalue weighted by Crippen LogP contribution is -2.33. The molecule has 23 heavy (non-hydrogen) atoms. The summed E-state index contributed by atoms with van der Waals surface area (Å²) in [4.78, 5) is 24.0. The molecule has 0 aromatic carbocycles. The fraction of sp³-hybridized carbons (Fsp3) is 0.471. The number of hydrogen-bond acceptors (Lipinski definition) is 5. The molecule has 2 aromatic heterocycles. The van der Waals surface area contributed by atoms with Crippen LogP contribution in [0.25, 0.3) is 0 Å². The monoisotopic (exact) mass is 333 g/mol. The van der Waals surface area contributed by atoms with E-state index in [4.69, 9.17) is 4.74 Å². The summed E-state index contributed by atoms with van der Waals surface area (Å²) in [6.07, 6.45) is 4.83. The zero-order valence-corrected chi connectivity index (χ0v) is 14.7. The summed E-state index contributed by atoms with van der Waals surface area (Å²) in [6.45, 7) is 5.72. The summed E-state index contributed by atoms with van der Waals surface area (Å²) in [5.74, 6) is 0.136. The summed E-state index contributed by atoms with van der Waals surface area (Å²) in [7, 11) is 1.65. The molecule has 2 heterocycles. The van der Waals surface area contributed by atoms with E-state index in [1.54, 1.807) is 18.4 Å². The summed E-state index contributed by atoms with van der Waals surface area (Å²) in [6, 6.07) is 2.08. The van der Waals surface area contributed by atoms with Gasteiger partial charge >= 0.3 is 0 Å². The number of hydrogen-bond donors (Lipinski definition) is 0. The Balaban J connectivity index is 1.97. The lowest BCUT2D eigenvalue weighted by molar-refractivity contribution is -0.132. The van der Waals surface area contributed by atoms with Crippen molar-refractivity contribution in [1.82, 2.24) is 14.9 Å². The number of nitrogens with zero attached hydrogens (tertiary/aromatic N) is 3. The van der Waals surface area contributed by atoms with Crippen LogP contribution in [0, 0.1) is 13.8 Å². The molecule has 5 nitrogen and oxygen atoms in total. The van der Waals surface area contributed by atoms with Gasteiger partial charge in [0, 0.05) is 37.3 Å². The predicted octanol–water partition coefficient (Wildman–Crippen LogP) is 2.76. The molecule has 124 valence electrons. The first kappa shape index (κ1) is 17.6. The van der Waals surface area contributed by atoms with E-state index in [0.717, 1.165) is 21.7 Å². The molecule has 0 saturated heterocycles. The third kappa shape index (κ3) is 5.41. The molecule has 0 spiro atoms. The van der Waals surface area contributed by atoms with Crippen LogP contribution in [0.5, 0.6) is 0 Å². The van der Waals surface area contributed by atoms with E-state index in [9.17, 15) is 4.79 Å². The van der Waals surface area contributed by atoms with Crippen LogP contribution in [-0.2, 0) is 22.5 Å². The Kier molecular flexibility index (Phi) is 6.67. The highest BCUT2D eigenvalue weighted by Gasteiger charge is 2.16. The highest BCUT2D eigenvalue weighted by atomic mass is 32.1. The Morgan fingerprint density at radius 3 is 2.83 bits per heavy atom. The standard InChI is InChI=1S/C17H23N3O2S/c1-13-8-15(10-18-9-13)4-5-17(21)20(6-7-22-3)11-16-14(2)19-12-23-16/h8-10,12H,4-7,11H2,1-3H3. The number of pyridine rings is 1. The summed E-state index contributed by atoms with van der Waals surface area (Å²) in [5.41, 5.74) is 5.03. The maximum absolute atomic E-state index is 12.6. The number of methoxy groups -OCH3 is 1.